The first-order valence-corrected chi connectivity index (χ1v) is 14.1. The summed E-state index contributed by atoms with van der Waals surface area (Å²) in [5.41, 5.74) is 1.16. The van der Waals surface area contributed by atoms with Crippen molar-refractivity contribution in [2.75, 3.05) is 31.5 Å². The van der Waals surface area contributed by atoms with Crippen LogP contribution in [0.1, 0.15) is 38.1 Å². The molecule has 0 saturated carbocycles. The van der Waals surface area contributed by atoms with Crippen molar-refractivity contribution >= 4 is 48.7 Å². The van der Waals surface area contributed by atoms with E-state index in [1.807, 2.05) is 0 Å². The molecule has 0 amide bonds. The number of halogens is 1. The molecule has 1 aromatic heterocycles. The first-order chi connectivity index (χ1) is 14.5. The second kappa shape index (κ2) is 10.6. The molecule has 0 radical (unpaired) electrons. The zero-order chi connectivity index (χ0) is 23.4. The van der Waals surface area contributed by atoms with Crippen LogP contribution in [0.25, 0.3) is 0 Å². The van der Waals surface area contributed by atoms with E-state index in [-0.39, 0.29) is 36.0 Å². The Morgan fingerprint density at radius 2 is 1.42 bits per heavy atom. The summed E-state index contributed by atoms with van der Waals surface area (Å²) < 4.78 is 56.3. The maximum atomic E-state index is 13.4. The molecule has 1 aromatic carbocycles. The molecule has 2 aromatic rings. The van der Waals surface area contributed by atoms with Crippen LogP contribution in [0.5, 0.6) is 0 Å². The lowest BCUT2D eigenvalue weighted by molar-refractivity contribution is 0.434. The van der Waals surface area contributed by atoms with Gasteiger partial charge < -0.3 is 5.32 Å². The monoisotopic (exact) mass is 508 g/mol. The molecule has 0 aliphatic rings. The summed E-state index contributed by atoms with van der Waals surface area (Å²) >= 11 is 7.19. The van der Waals surface area contributed by atoms with Gasteiger partial charge in [0.25, 0.3) is 0 Å². The lowest BCUT2D eigenvalue weighted by Crippen LogP contribution is -2.35. The van der Waals surface area contributed by atoms with Gasteiger partial charge in [-0.25, -0.2) is 21.8 Å². The summed E-state index contributed by atoms with van der Waals surface area (Å²) in [7, 11) is -8.02. The number of nitrogens with one attached hydrogen (secondary N) is 1. The molecule has 174 valence electrons. The number of rotatable bonds is 11. The smallest absolute Gasteiger partial charge is 0.244 e. The molecule has 2 rings (SSSR count). The van der Waals surface area contributed by atoms with Gasteiger partial charge in [-0.2, -0.15) is 8.61 Å². The van der Waals surface area contributed by atoms with Crippen LogP contribution < -0.4 is 5.32 Å². The number of hydrogen-bond acceptors (Lipinski definition) is 7. The van der Waals surface area contributed by atoms with Gasteiger partial charge in [-0.15, -0.1) is 11.3 Å². The molecular formula is C19H29ClN4O4S3. The summed E-state index contributed by atoms with van der Waals surface area (Å²) in [5, 5.41) is 3.19. The summed E-state index contributed by atoms with van der Waals surface area (Å²) in [6.07, 6.45) is 1.64. The Morgan fingerprint density at radius 1 is 0.935 bits per heavy atom. The Kier molecular flexibility index (Phi) is 8.88. The predicted octanol–water partition coefficient (Wildman–Crippen LogP) is 3.78. The number of hydrogen-bond donors (Lipinski definition) is 1. The van der Waals surface area contributed by atoms with Gasteiger partial charge in [0, 0.05) is 42.9 Å². The average molecular weight is 509 g/mol. The molecule has 0 bridgehead atoms. The summed E-state index contributed by atoms with van der Waals surface area (Å²) in [6, 6.07) is 2.86. The van der Waals surface area contributed by atoms with Crippen molar-refractivity contribution in [2.24, 2.45) is 0 Å². The van der Waals surface area contributed by atoms with E-state index in [0.29, 0.717) is 22.3 Å². The van der Waals surface area contributed by atoms with E-state index in [9.17, 15) is 16.8 Å². The standard InChI is InChI=1S/C19H29ClN4O4S3/c1-6-23(7-2)30(25,26)17-10-14(5)16(21-12-15-13-22-19(20)29-15)11-18(17)31(27,28)24(8-3)9-4/h10-11,13,21H,6-9,12H2,1-5H3. The Labute approximate surface area is 194 Å². The number of nitrogens with zero attached hydrogens (tertiary/aromatic N) is 3. The molecule has 0 aliphatic carbocycles. The number of benzene rings is 1. The van der Waals surface area contributed by atoms with E-state index in [4.69, 9.17) is 11.6 Å². The van der Waals surface area contributed by atoms with Crippen LogP contribution in [0.2, 0.25) is 4.47 Å². The lowest BCUT2D eigenvalue weighted by Gasteiger charge is -2.25. The number of aryl methyl sites for hydroxylation is 1. The Morgan fingerprint density at radius 3 is 1.84 bits per heavy atom. The van der Waals surface area contributed by atoms with Gasteiger partial charge >= 0.3 is 0 Å². The first-order valence-electron chi connectivity index (χ1n) is 10.0. The third kappa shape index (κ3) is 5.58. The second-order valence-electron chi connectivity index (χ2n) is 6.73. The van der Waals surface area contributed by atoms with Gasteiger partial charge in [-0.3, -0.25) is 0 Å². The number of sulfonamides is 2. The fraction of sp³-hybridized carbons (Fsp3) is 0.526. The summed E-state index contributed by atoms with van der Waals surface area (Å²) in [4.78, 5) is 4.44. The van der Waals surface area contributed by atoms with E-state index in [0.717, 1.165) is 4.88 Å². The van der Waals surface area contributed by atoms with Crippen molar-refractivity contribution < 1.29 is 16.8 Å². The zero-order valence-electron chi connectivity index (χ0n) is 18.3. The van der Waals surface area contributed by atoms with Crippen molar-refractivity contribution in [3.05, 3.63) is 33.2 Å². The third-order valence-electron chi connectivity index (χ3n) is 4.92. The largest absolute Gasteiger partial charge is 0.380 e. The Balaban J connectivity index is 2.66. The fourth-order valence-corrected chi connectivity index (χ4v) is 7.89. The Hall–Kier alpha value is -1.24. The van der Waals surface area contributed by atoms with Gasteiger partial charge in [0.05, 0.1) is 6.54 Å². The van der Waals surface area contributed by atoms with Crippen LogP contribution in [-0.2, 0) is 26.6 Å². The van der Waals surface area contributed by atoms with E-state index in [2.05, 4.69) is 10.3 Å². The van der Waals surface area contributed by atoms with E-state index >= 15 is 0 Å². The fourth-order valence-electron chi connectivity index (χ4n) is 3.21. The molecule has 31 heavy (non-hydrogen) atoms. The van der Waals surface area contributed by atoms with Crippen LogP contribution in [-0.4, -0.2) is 56.6 Å². The number of anilines is 1. The van der Waals surface area contributed by atoms with Crippen molar-refractivity contribution in [1.82, 2.24) is 13.6 Å². The summed E-state index contributed by atoms with van der Waals surface area (Å²) in [6.45, 7) is 9.99. The topological polar surface area (TPSA) is 99.7 Å². The normalized spacial score (nSPS) is 12.6. The molecule has 1 heterocycles. The van der Waals surface area contributed by atoms with E-state index in [1.54, 1.807) is 40.8 Å². The molecule has 0 unspecified atom stereocenters. The van der Waals surface area contributed by atoms with Crippen LogP contribution in [0, 0.1) is 6.92 Å². The molecule has 0 atom stereocenters. The van der Waals surface area contributed by atoms with Crippen molar-refractivity contribution in [3.8, 4) is 0 Å². The minimum atomic E-state index is -4.03. The van der Waals surface area contributed by atoms with Gasteiger partial charge in [-0.05, 0) is 24.6 Å². The van der Waals surface area contributed by atoms with Crippen LogP contribution in [0.4, 0.5) is 5.69 Å². The first kappa shape index (κ1) is 26.0. The molecule has 12 heteroatoms. The second-order valence-corrected chi connectivity index (χ2v) is 12.2. The van der Waals surface area contributed by atoms with Gasteiger partial charge in [-0.1, -0.05) is 39.3 Å². The highest BCUT2D eigenvalue weighted by atomic mass is 35.5. The van der Waals surface area contributed by atoms with E-state index < -0.39 is 20.0 Å². The maximum absolute atomic E-state index is 13.4. The van der Waals surface area contributed by atoms with Crippen LogP contribution >= 0.6 is 22.9 Å². The molecule has 1 N–H and O–H groups in total. The van der Waals surface area contributed by atoms with Crippen LogP contribution in [0.3, 0.4) is 0 Å². The highest BCUT2D eigenvalue weighted by Crippen LogP contribution is 2.32. The van der Waals surface area contributed by atoms with Crippen molar-refractivity contribution in [2.45, 2.75) is 51.0 Å². The molecule has 8 nitrogen and oxygen atoms in total. The minimum Gasteiger partial charge on any atom is -0.380 e. The minimum absolute atomic E-state index is 0.202. The molecule has 0 saturated heterocycles. The average Bonchev–Trinajstić information content (AvgIpc) is 3.13. The van der Waals surface area contributed by atoms with Gasteiger partial charge in [0.15, 0.2) is 4.47 Å². The highest BCUT2D eigenvalue weighted by molar-refractivity contribution is 7.92. The zero-order valence-corrected chi connectivity index (χ0v) is 21.6. The molecule has 0 spiro atoms. The maximum Gasteiger partial charge on any atom is 0.244 e. The summed E-state index contributed by atoms with van der Waals surface area (Å²) in [5.74, 6) is 0. The SMILES string of the molecule is CCN(CC)S(=O)(=O)c1cc(C)c(NCc2cnc(Cl)s2)cc1S(=O)(=O)N(CC)CC. The van der Waals surface area contributed by atoms with Crippen molar-refractivity contribution in [3.63, 3.8) is 0 Å². The predicted molar refractivity (Wildman–Crippen MR) is 126 cm³/mol. The van der Waals surface area contributed by atoms with Gasteiger partial charge in [0.2, 0.25) is 20.0 Å². The highest BCUT2D eigenvalue weighted by Gasteiger charge is 2.33. The number of aromatic nitrogens is 1. The van der Waals surface area contributed by atoms with Gasteiger partial charge in [0.1, 0.15) is 9.79 Å². The molecule has 0 fully saturated rings. The lowest BCUT2D eigenvalue weighted by atomic mass is 10.2. The quantitative estimate of drug-likeness (QED) is 0.496. The third-order valence-corrected chi connectivity index (χ3v) is 10.3. The van der Waals surface area contributed by atoms with E-state index in [1.165, 1.54) is 32.1 Å². The van der Waals surface area contributed by atoms with Crippen LogP contribution in [0.15, 0.2) is 28.1 Å². The number of thiazole rings is 1. The van der Waals surface area contributed by atoms with Crippen molar-refractivity contribution in [1.29, 1.82) is 0 Å². The molecule has 0 aliphatic heterocycles. The Bertz CT molecular complexity index is 1110. The molecular weight excluding hydrogens is 480 g/mol.